The molecule has 0 aromatic rings. The lowest BCUT2D eigenvalue weighted by Crippen LogP contribution is -2.32. The van der Waals surface area contributed by atoms with Crippen molar-refractivity contribution in [1.82, 2.24) is 0 Å². The number of rotatable bonds is 4. The largest absolute Gasteiger partial charge is 0.396 e. The second kappa shape index (κ2) is 13.4. The zero-order chi connectivity index (χ0) is 12.9. The molecule has 0 radical (unpaired) electrons. The van der Waals surface area contributed by atoms with Gasteiger partial charge >= 0.3 is 0 Å². The van der Waals surface area contributed by atoms with E-state index in [1.165, 1.54) is 5.75 Å². The minimum Gasteiger partial charge on any atom is -0.396 e. The van der Waals surface area contributed by atoms with Crippen LogP contribution in [-0.4, -0.2) is 40.9 Å². The van der Waals surface area contributed by atoms with E-state index < -0.39 is 5.41 Å². The highest BCUT2D eigenvalue weighted by Gasteiger charge is 2.24. The van der Waals surface area contributed by atoms with E-state index in [9.17, 15) is 0 Å². The summed E-state index contributed by atoms with van der Waals surface area (Å²) in [5, 5.41) is 28.1. The first-order valence-corrected chi connectivity index (χ1v) is 7.88. The first-order valence-electron chi connectivity index (χ1n) is 5.50. The van der Waals surface area contributed by atoms with Gasteiger partial charge in [-0.3, -0.25) is 0 Å². The quantitative estimate of drug-likeness (QED) is 0.683. The molecule has 0 unspecified atom stereocenters. The van der Waals surface area contributed by atoms with Gasteiger partial charge in [0, 0.05) is 11.2 Å². The standard InChI is InChI=1S/C6H14O3.C3H4S2.C2H6/c1-2-6(3-7,4-8)5-9;1-2-4-5-3-1;1-2/h7-9H,2-5H2,1H3;1-2H,3H2;1-2H3. The summed E-state index contributed by atoms with van der Waals surface area (Å²) in [6.07, 6.45) is 2.76. The van der Waals surface area contributed by atoms with Crippen molar-refractivity contribution in [3.05, 3.63) is 11.5 Å². The molecule has 16 heavy (non-hydrogen) atoms. The molecule has 5 heteroatoms. The Balaban J connectivity index is 0. The van der Waals surface area contributed by atoms with Crippen molar-refractivity contribution in [1.29, 1.82) is 0 Å². The molecule has 98 valence electrons. The van der Waals surface area contributed by atoms with Crippen LogP contribution >= 0.6 is 21.6 Å². The molecule has 1 heterocycles. The summed E-state index contributed by atoms with van der Waals surface area (Å²) in [6, 6.07) is 0. The second-order valence-electron chi connectivity index (χ2n) is 3.08. The van der Waals surface area contributed by atoms with Gasteiger partial charge in [0.15, 0.2) is 0 Å². The van der Waals surface area contributed by atoms with Crippen LogP contribution in [0.25, 0.3) is 0 Å². The average Bonchev–Trinajstić information content (AvgIpc) is 2.94. The molecule has 0 saturated carbocycles. The Morgan fingerprint density at radius 3 is 1.69 bits per heavy atom. The van der Waals surface area contributed by atoms with E-state index in [-0.39, 0.29) is 19.8 Å². The smallest absolute Gasteiger partial charge is 0.0531 e. The Kier molecular flexibility index (Phi) is 15.6. The molecule has 3 N–H and O–H groups in total. The Bertz CT molecular complexity index is 136. The van der Waals surface area contributed by atoms with E-state index in [4.69, 9.17) is 15.3 Å². The Morgan fingerprint density at radius 1 is 1.12 bits per heavy atom. The summed E-state index contributed by atoms with van der Waals surface area (Å²) < 4.78 is 0. The monoisotopic (exact) mass is 268 g/mol. The molecule has 1 aliphatic heterocycles. The van der Waals surface area contributed by atoms with Gasteiger partial charge in [-0.15, -0.1) is 0 Å². The second-order valence-corrected chi connectivity index (χ2v) is 5.40. The molecule has 0 bridgehead atoms. The maximum atomic E-state index is 8.66. The van der Waals surface area contributed by atoms with Gasteiger partial charge in [0.1, 0.15) is 0 Å². The summed E-state index contributed by atoms with van der Waals surface area (Å²) in [6.45, 7) is 5.35. The molecule has 0 amide bonds. The van der Waals surface area contributed by atoms with Gasteiger partial charge in [0.05, 0.1) is 19.8 Å². The van der Waals surface area contributed by atoms with E-state index in [1.807, 2.05) is 42.4 Å². The lowest BCUT2D eigenvalue weighted by molar-refractivity contribution is 0.00304. The lowest BCUT2D eigenvalue weighted by atomic mass is 9.88. The Morgan fingerprint density at radius 2 is 1.62 bits per heavy atom. The van der Waals surface area contributed by atoms with Crippen molar-refractivity contribution in [2.45, 2.75) is 27.2 Å². The third kappa shape index (κ3) is 8.47. The molecule has 0 fully saturated rings. The number of aliphatic hydroxyl groups is 3. The van der Waals surface area contributed by atoms with Gasteiger partial charge < -0.3 is 15.3 Å². The summed E-state index contributed by atoms with van der Waals surface area (Å²) in [5.74, 6) is 1.20. The van der Waals surface area contributed by atoms with Crippen molar-refractivity contribution in [2.24, 2.45) is 5.41 Å². The van der Waals surface area contributed by atoms with E-state index in [2.05, 4.69) is 11.5 Å². The number of aliphatic hydroxyl groups excluding tert-OH is 3. The molecule has 0 aromatic heterocycles. The van der Waals surface area contributed by atoms with Gasteiger partial charge in [-0.2, -0.15) is 0 Å². The van der Waals surface area contributed by atoms with Crippen LogP contribution in [0.15, 0.2) is 11.5 Å². The third-order valence-electron chi connectivity index (χ3n) is 2.14. The van der Waals surface area contributed by atoms with Gasteiger partial charge in [0.2, 0.25) is 0 Å². The molecule has 1 aliphatic rings. The molecule has 0 spiro atoms. The van der Waals surface area contributed by atoms with Crippen LogP contribution in [0.4, 0.5) is 0 Å². The highest BCUT2D eigenvalue weighted by atomic mass is 33.1. The van der Waals surface area contributed by atoms with Crippen molar-refractivity contribution in [3.63, 3.8) is 0 Å². The molecule has 0 aliphatic carbocycles. The van der Waals surface area contributed by atoms with Gasteiger partial charge in [-0.05, 0) is 11.8 Å². The van der Waals surface area contributed by atoms with E-state index in [0.29, 0.717) is 6.42 Å². The summed E-state index contributed by atoms with van der Waals surface area (Å²) in [7, 11) is 3.69. The SMILES string of the molecule is C1=CSSC1.CC.CCC(CO)(CO)CO. The molecule has 0 atom stereocenters. The van der Waals surface area contributed by atoms with E-state index >= 15 is 0 Å². The van der Waals surface area contributed by atoms with Crippen molar-refractivity contribution >= 4 is 21.6 Å². The number of hydrogen-bond donors (Lipinski definition) is 3. The maximum Gasteiger partial charge on any atom is 0.0531 e. The lowest BCUT2D eigenvalue weighted by Gasteiger charge is -2.24. The predicted molar refractivity (Wildman–Crippen MR) is 74.5 cm³/mol. The fourth-order valence-electron chi connectivity index (χ4n) is 0.682. The van der Waals surface area contributed by atoms with Crippen molar-refractivity contribution in [3.8, 4) is 0 Å². The van der Waals surface area contributed by atoms with Gasteiger partial charge in [0.25, 0.3) is 0 Å². The molecule has 1 rings (SSSR count). The van der Waals surface area contributed by atoms with Gasteiger partial charge in [-0.1, -0.05) is 48.4 Å². The Labute approximate surface area is 107 Å². The summed E-state index contributed by atoms with van der Waals surface area (Å²) >= 11 is 0. The summed E-state index contributed by atoms with van der Waals surface area (Å²) in [5.41, 5.74) is -0.667. The van der Waals surface area contributed by atoms with Crippen LogP contribution in [0.2, 0.25) is 0 Å². The molecule has 0 saturated heterocycles. The predicted octanol–water partition coefficient (Wildman–Crippen LogP) is 2.28. The Hall–Kier alpha value is 0.320. The van der Waals surface area contributed by atoms with Crippen LogP contribution in [0, 0.1) is 5.41 Å². The number of hydrogen-bond acceptors (Lipinski definition) is 5. The highest BCUT2D eigenvalue weighted by Crippen LogP contribution is 2.27. The van der Waals surface area contributed by atoms with Crippen molar-refractivity contribution < 1.29 is 15.3 Å². The van der Waals surface area contributed by atoms with Crippen LogP contribution < -0.4 is 0 Å². The molecule has 0 aromatic carbocycles. The van der Waals surface area contributed by atoms with E-state index in [1.54, 1.807) is 0 Å². The molecular weight excluding hydrogens is 244 g/mol. The zero-order valence-corrected chi connectivity index (χ0v) is 12.0. The fourth-order valence-corrected chi connectivity index (χ4v) is 2.25. The van der Waals surface area contributed by atoms with Gasteiger partial charge in [-0.25, -0.2) is 0 Å². The summed E-state index contributed by atoms with van der Waals surface area (Å²) in [4.78, 5) is 0. The van der Waals surface area contributed by atoms with Crippen LogP contribution in [0.1, 0.15) is 27.2 Å². The van der Waals surface area contributed by atoms with Crippen LogP contribution in [0.3, 0.4) is 0 Å². The third-order valence-corrected chi connectivity index (χ3v) is 4.06. The minimum atomic E-state index is -0.667. The van der Waals surface area contributed by atoms with Crippen LogP contribution in [0.5, 0.6) is 0 Å². The highest BCUT2D eigenvalue weighted by molar-refractivity contribution is 8.78. The first-order chi connectivity index (χ1) is 7.74. The zero-order valence-electron chi connectivity index (χ0n) is 10.3. The van der Waals surface area contributed by atoms with Crippen molar-refractivity contribution in [2.75, 3.05) is 25.6 Å². The van der Waals surface area contributed by atoms with E-state index in [0.717, 1.165) is 0 Å². The fraction of sp³-hybridized carbons (Fsp3) is 0.818. The average molecular weight is 268 g/mol. The molecular formula is C11H24O3S2. The minimum absolute atomic E-state index is 0.156. The first kappa shape index (κ1) is 18.7. The topological polar surface area (TPSA) is 60.7 Å². The molecule has 3 nitrogen and oxygen atoms in total. The normalized spacial score (nSPS) is 13.6. The van der Waals surface area contributed by atoms with Crippen LogP contribution in [-0.2, 0) is 0 Å². The maximum absolute atomic E-state index is 8.66.